The first-order chi connectivity index (χ1) is 7.75. The zero-order valence-electron chi connectivity index (χ0n) is 8.65. The second-order valence-electron chi connectivity index (χ2n) is 3.50. The van der Waals surface area contributed by atoms with Gasteiger partial charge < -0.3 is 10.4 Å². The quantitative estimate of drug-likeness (QED) is 0.895. The molecule has 0 aliphatic rings. The summed E-state index contributed by atoms with van der Waals surface area (Å²) < 4.78 is 1.09. The Morgan fingerprint density at radius 2 is 1.88 bits per heavy atom. The van der Waals surface area contributed by atoms with Crippen molar-refractivity contribution in [2.24, 2.45) is 0 Å². The normalized spacial score (nSPS) is 10.1. The maximum atomic E-state index is 9.32. The van der Waals surface area contributed by atoms with E-state index in [1.807, 2.05) is 30.3 Å². The average Bonchev–Trinajstić information content (AvgIpc) is 2.28. The molecule has 16 heavy (non-hydrogen) atoms. The lowest BCUT2D eigenvalue weighted by Gasteiger charge is -2.08. The Labute approximate surface area is 103 Å². The van der Waals surface area contributed by atoms with Crippen LogP contribution in [0, 0.1) is 0 Å². The van der Waals surface area contributed by atoms with Gasteiger partial charge in [-0.05, 0) is 23.8 Å². The van der Waals surface area contributed by atoms with E-state index >= 15 is 0 Å². The SMILES string of the molecule is Oc1cccc(NCc2ccccc2Br)c1. The molecule has 2 rings (SSSR count). The van der Waals surface area contributed by atoms with E-state index in [2.05, 4.69) is 27.3 Å². The van der Waals surface area contributed by atoms with Crippen molar-refractivity contribution in [3.63, 3.8) is 0 Å². The van der Waals surface area contributed by atoms with Gasteiger partial charge in [-0.3, -0.25) is 0 Å². The van der Waals surface area contributed by atoms with Crippen LogP contribution in [0.4, 0.5) is 5.69 Å². The minimum Gasteiger partial charge on any atom is -0.508 e. The van der Waals surface area contributed by atoms with Crippen molar-refractivity contribution in [3.8, 4) is 5.75 Å². The smallest absolute Gasteiger partial charge is 0.117 e. The lowest BCUT2D eigenvalue weighted by atomic mass is 10.2. The van der Waals surface area contributed by atoms with Gasteiger partial charge in [0.1, 0.15) is 5.75 Å². The molecular formula is C13H12BrNO. The first-order valence-electron chi connectivity index (χ1n) is 5.02. The van der Waals surface area contributed by atoms with Gasteiger partial charge in [-0.15, -0.1) is 0 Å². The molecule has 0 spiro atoms. The molecular weight excluding hydrogens is 266 g/mol. The van der Waals surface area contributed by atoms with Gasteiger partial charge in [-0.1, -0.05) is 40.2 Å². The van der Waals surface area contributed by atoms with Gasteiger partial charge in [0.2, 0.25) is 0 Å². The monoisotopic (exact) mass is 277 g/mol. The third-order valence-electron chi connectivity index (χ3n) is 2.29. The highest BCUT2D eigenvalue weighted by Gasteiger charge is 1.98. The number of hydrogen-bond donors (Lipinski definition) is 2. The Morgan fingerprint density at radius 3 is 2.62 bits per heavy atom. The van der Waals surface area contributed by atoms with E-state index in [4.69, 9.17) is 0 Å². The predicted molar refractivity (Wildman–Crippen MR) is 69.6 cm³/mol. The molecule has 0 bridgehead atoms. The molecule has 0 aliphatic carbocycles. The fourth-order valence-corrected chi connectivity index (χ4v) is 1.88. The molecule has 2 nitrogen and oxygen atoms in total. The van der Waals surface area contributed by atoms with Gasteiger partial charge in [0.05, 0.1) is 0 Å². The number of aromatic hydroxyl groups is 1. The molecule has 0 unspecified atom stereocenters. The first kappa shape index (κ1) is 11.0. The molecule has 2 aromatic carbocycles. The van der Waals surface area contributed by atoms with Crippen LogP contribution >= 0.6 is 15.9 Å². The van der Waals surface area contributed by atoms with Crippen molar-refractivity contribution in [2.75, 3.05) is 5.32 Å². The van der Waals surface area contributed by atoms with E-state index in [0.717, 1.165) is 16.7 Å². The molecule has 2 aromatic rings. The van der Waals surface area contributed by atoms with E-state index < -0.39 is 0 Å². The standard InChI is InChI=1S/C13H12BrNO/c14-13-7-2-1-4-10(13)9-15-11-5-3-6-12(16)8-11/h1-8,15-16H,9H2. The minimum atomic E-state index is 0.275. The van der Waals surface area contributed by atoms with Gasteiger partial charge in [-0.25, -0.2) is 0 Å². The van der Waals surface area contributed by atoms with E-state index in [-0.39, 0.29) is 5.75 Å². The maximum Gasteiger partial charge on any atom is 0.117 e. The molecule has 2 N–H and O–H groups in total. The zero-order chi connectivity index (χ0) is 11.4. The van der Waals surface area contributed by atoms with Crippen molar-refractivity contribution >= 4 is 21.6 Å². The first-order valence-corrected chi connectivity index (χ1v) is 5.81. The van der Waals surface area contributed by atoms with Crippen molar-refractivity contribution in [3.05, 3.63) is 58.6 Å². The summed E-state index contributed by atoms with van der Waals surface area (Å²) in [6.45, 7) is 0.727. The summed E-state index contributed by atoms with van der Waals surface area (Å²) in [5.41, 5.74) is 2.10. The second-order valence-corrected chi connectivity index (χ2v) is 4.35. The Balaban J connectivity index is 2.05. The summed E-state index contributed by atoms with van der Waals surface area (Å²) >= 11 is 3.49. The molecule has 0 saturated carbocycles. The number of phenolic OH excluding ortho intramolecular Hbond substituents is 1. The van der Waals surface area contributed by atoms with E-state index in [1.54, 1.807) is 12.1 Å². The fourth-order valence-electron chi connectivity index (χ4n) is 1.45. The minimum absolute atomic E-state index is 0.275. The number of benzene rings is 2. The molecule has 0 amide bonds. The van der Waals surface area contributed by atoms with Gasteiger partial charge >= 0.3 is 0 Å². The van der Waals surface area contributed by atoms with Crippen molar-refractivity contribution < 1.29 is 5.11 Å². The van der Waals surface area contributed by atoms with Crippen LogP contribution in [0.2, 0.25) is 0 Å². The summed E-state index contributed by atoms with van der Waals surface area (Å²) in [7, 11) is 0. The van der Waals surface area contributed by atoms with Gasteiger partial charge in [0.15, 0.2) is 0 Å². The van der Waals surface area contributed by atoms with Crippen molar-refractivity contribution in [2.45, 2.75) is 6.54 Å². The van der Waals surface area contributed by atoms with Crippen LogP contribution in [0.5, 0.6) is 5.75 Å². The number of phenols is 1. The highest BCUT2D eigenvalue weighted by Crippen LogP contribution is 2.19. The maximum absolute atomic E-state index is 9.32. The summed E-state index contributed by atoms with van der Waals surface area (Å²) in [4.78, 5) is 0. The van der Waals surface area contributed by atoms with Gasteiger partial charge in [0.25, 0.3) is 0 Å². The number of anilines is 1. The van der Waals surface area contributed by atoms with E-state index in [9.17, 15) is 5.11 Å². The largest absolute Gasteiger partial charge is 0.508 e. The van der Waals surface area contributed by atoms with Crippen LogP contribution in [0.3, 0.4) is 0 Å². The van der Waals surface area contributed by atoms with Crippen molar-refractivity contribution in [1.29, 1.82) is 0 Å². The van der Waals surface area contributed by atoms with Crippen LogP contribution in [0.25, 0.3) is 0 Å². The number of nitrogens with one attached hydrogen (secondary N) is 1. The number of rotatable bonds is 3. The lowest BCUT2D eigenvalue weighted by Crippen LogP contribution is -1.99. The van der Waals surface area contributed by atoms with Crippen LogP contribution in [0.15, 0.2) is 53.0 Å². The predicted octanol–water partition coefficient (Wildman–Crippen LogP) is 3.77. The van der Waals surface area contributed by atoms with Gasteiger partial charge in [-0.2, -0.15) is 0 Å². The summed E-state index contributed by atoms with van der Waals surface area (Å²) in [6.07, 6.45) is 0. The molecule has 0 aliphatic heterocycles. The summed E-state index contributed by atoms with van der Waals surface area (Å²) in [5, 5.41) is 12.6. The fraction of sp³-hybridized carbons (Fsp3) is 0.0769. The molecule has 0 aromatic heterocycles. The summed E-state index contributed by atoms with van der Waals surface area (Å²) in [5.74, 6) is 0.275. The second kappa shape index (κ2) is 5.03. The molecule has 0 heterocycles. The Hall–Kier alpha value is -1.48. The van der Waals surface area contributed by atoms with Crippen LogP contribution < -0.4 is 5.32 Å². The third-order valence-corrected chi connectivity index (χ3v) is 3.06. The Bertz CT molecular complexity index is 485. The highest BCUT2D eigenvalue weighted by atomic mass is 79.9. The van der Waals surface area contributed by atoms with Crippen LogP contribution in [-0.4, -0.2) is 5.11 Å². The molecule has 0 atom stereocenters. The van der Waals surface area contributed by atoms with E-state index in [0.29, 0.717) is 0 Å². The highest BCUT2D eigenvalue weighted by molar-refractivity contribution is 9.10. The third kappa shape index (κ3) is 2.76. The molecule has 0 radical (unpaired) electrons. The molecule has 3 heteroatoms. The number of hydrogen-bond acceptors (Lipinski definition) is 2. The zero-order valence-corrected chi connectivity index (χ0v) is 10.2. The van der Waals surface area contributed by atoms with Crippen LogP contribution in [0.1, 0.15) is 5.56 Å². The van der Waals surface area contributed by atoms with Gasteiger partial charge in [0, 0.05) is 22.8 Å². The Kier molecular flexibility index (Phi) is 3.47. The lowest BCUT2D eigenvalue weighted by molar-refractivity contribution is 0.475. The average molecular weight is 278 g/mol. The number of halogens is 1. The molecule has 82 valence electrons. The summed E-state index contributed by atoms with van der Waals surface area (Å²) in [6, 6.07) is 15.2. The van der Waals surface area contributed by atoms with Crippen molar-refractivity contribution in [1.82, 2.24) is 0 Å². The topological polar surface area (TPSA) is 32.3 Å². The Morgan fingerprint density at radius 1 is 1.06 bits per heavy atom. The van der Waals surface area contributed by atoms with E-state index in [1.165, 1.54) is 5.56 Å². The molecule has 0 fully saturated rings. The molecule has 0 saturated heterocycles. The van der Waals surface area contributed by atoms with Crippen LogP contribution in [-0.2, 0) is 6.54 Å².